The maximum atomic E-state index is 14.6. The van der Waals surface area contributed by atoms with E-state index >= 15 is 0 Å². The molecule has 0 unspecified atom stereocenters. The van der Waals surface area contributed by atoms with Gasteiger partial charge >= 0.3 is 12.1 Å². The Bertz CT molecular complexity index is 1740. The van der Waals surface area contributed by atoms with Crippen LogP contribution in [0.3, 0.4) is 0 Å². The predicted octanol–water partition coefficient (Wildman–Crippen LogP) is 4.32. The molecular formula is C31H32ClF5N6O6. The highest BCUT2D eigenvalue weighted by atomic mass is 35.5. The molecule has 3 amide bonds. The van der Waals surface area contributed by atoms with Crippen molar-refractivity contribution in [1.29, 1.82) is 0 Å². The summed E-state index contributed by atoms with van der Waals surface area (Å²) in [5.74, 6) is -6.20. The standard InChI is InChI=1S/C29H31ClF2N6O4.C2HF3O2/c1-36-22(20-5-6-23(42-2)25(32)24(20)31)14-34-26(36)27(39)35-18-3-4-19(21(30)13-18)29(41)37-10-7-16(8-11-37)28(40)38-12-9-17(33)15-38;3-2(4,5)1(6)7/h3-6,13-14,16-17H,7-12,15,33H2,1-2H3,(H,35,39);(H,6,7)/t17-;/m1./s1. The number of ether oxygens (including phenoxy) is 1. The second-order valence-corrected chi connectivity index (χ2v) is 11.7. The van der Waals surface area contributed by atoms with Crippen LogP contribution in [-0.4, -0.2) is 93.7 Å². The number of hydrogen-bond donors (Lipinski definition) is 3. The Hall–Kier alpha value is -4.77. The number of amides is 3. The van der Waals surface area contributed by atoms with Crippen molar-refractivity contribution in [1.82, 2.24) is 19.4 Å². The van der Waals surface area contributed by atoms with Crippen molar-refractivity contribution in [2.24, 2.45) is 18.7 Å². The topological polar surface area (TPSA) is 160 Å². The number of rotatable bonds is 6. The molecule has 18 heteroatoms. The summed E-state index contributed by atoms with van der Waals surface area (Å²) in [5.41, 5.74) is 6.64. The molecule has 5 rings (SSSR count). The molecule has 2 aromatic carbocycles. The van der Waals surface area contributed by atoms with Crippen molar-refractivity contribution in [2.45, 2.75) is 31.5 Å². The number of alkyl halides is 3. The molecule has 3 aromatic rings. The van der Waals surface area contributed by atoms with Gasteiger partial charge in [0.2, 0.25) is 11.7 Å². The summed E-state index contributed by atoms with van der Waals surface area (Å²) in [5, 5.41) is 9.95. The molecule has 1 atom stereocenters. The molecule has 0 radical (unpaired) electrons. The molecule has 3 heterocycles. The molecular weight excluding hydrogens is 683 g/mol. The second kappa shape index (κ2) is 15.2. The van der Waals surface area contributed by atoms with Crippen LogP contribution in [0.4, 0.5) is 27.6 Å². The smallest absolute Gasteiger partial charge is 0.490 e. The molecule has 0 spiro atoms. The van der Waals surface area contributed by atoms with E-state index < -0.39 is 29.7 Å². The van der Waals surface area contributed by atoms with Crippen LogP contribution in [0.1, 0.15) is 40.2 Å². The lowest BCUT2D eigenvalue weighted by Crippen LogP contribution is -2.44. The van der Waals surface area contributed by atoms with E-state index in [0.717, 1.165) is 6.42 Å². The van der Waals surface area contributed by atoms with Crippen LogP contribution in [0.15, 0.2) is 36.5 Å². The van der Waals surface area contributed by atoms with Gasteiger partial charge in [0.25, 0.3) is 11.8 Å². The molecule has 4 N–H and O–H groups in total. The number of hydrogen-bond acceptors (Lipinski definition) is 7. The average Bonchev–Trinajstić information content (AvgIpc) is 3.67. The summed E-state index contributed by atoms with van der Waals surface area (Å²) < 4.78 is 66.7. The van der Waals surface area contributed by atoms with Crippen LogP contribution < -0.4 is 15.8 Å². The number of aromatic nitrogens is 2. The summed E-state index contributed by atoms with van der Waals surface area (Å²) in [6, 6.07) is 7.20. The van der Waals surface area contributed by atoms with Gasteiger partial charge in [0.05, 0.1) is 29.6 Å². The number of carbonyl (C=O) groups excluding carboxylic acids is 3. The molecule has 0 bridgehead atoms. The first kappa shape index (κ1) is 37.1. The van der Waals surface area contributed by atoms with Gasteiger partial charge in [-0.05, 0) is 49.6 Å². The first-order chi connectivity index (χ1) is 23.0. The average molecular weight is 715 g/mol. The summed E-state index contributed by atoms with van der Waals surface area (Å²) in [6.45, 7) is 2.13. The first-order valence-electron chi connectivity index (χ1n) is 14.8. The molecule has 1 aromatic heterocycles. The van der Waals surface area contributed by atoms with E-state index in [4.69, 9.17) is 32.0 Å². The Labute approximate surface area is 281 Å². The fourth-order valence-electron chi connectivity index (χ4n) is 5.46. The van der Waals surface area contributed by atoms with E-state index in [1.165, 1.54) is 49.2 Å². The van der Waals surface area contributed by atoms with E-state index in [-0.39, 0.29) is 57.2 Å². The molecule has 264 valence electrons. The van der Waals surface area contributed by atoms with Crippen molar-refractivity contribution in [2.75, 3.05) is 38.6 Å². The van der Waals surface area contributed by atoms with Crippen LogP contribution >= 0.6 is 11.6 Å². The Morgan fingerprint density at radius 1 is 1.02 bits per heavy atom. The maximum absolute atomic E-state index is 14.6. The van der Waals surface area contributed by atoms with Crippen molar-refractivity contribution in [3.8, 4) is 17.0 Å². The van der Waals surface area contributed by atoms with Gasteiger partial charge in [-0.2, -0.15) is 17.6 Å². The van der Waals surface area contributed by atoms with E-state index in [0.29, 0.717) is 44.7 Å². The zero-order valence-electron chi connectivity index (χ0n) is 26.2. The summed E-state index contributed by atoms with van der Waals surface area (Å²) >= 11 is 6.44. The number of aliphatic carboxylic acids is 1. The van der Waals surface area contributed by atoms with Gasteiger partial charge in [-0.1, -0.05) is 11.6 Å². The predicted molar refractivity (Wildman–Crippen MR) is 166 cm³/mol. The third kappa shape index (κ3) is 8.45. The van der Waals surface area contributed by atoms with Gasteiger partial charge in [0, 0.05) is 56.4 Å². The van der Waals surface area contributed by atoms with Crippen molar-refractivity contribution in [3.63, 3.8) is 0 Å². The first-order valence-corrected chi connectivity index (χ1v) is 15.2. The largest absolute Gasteiger partial charge is 0.494 e. The Morgan fingerprint density at radius 2 is 1.65 bits per heavy atom. The third-order valence-electron chi connectivity index (χ3n) is 8.10. The van der Waals surface area contributed by atoms with Crippen LogP contribution in [0.25, 0.3) is 11.3 Å². The number of imidazole rings is 1. The monoisotopic (exact) mass is 714 g/mol. The number of anilines is 1. The van der Waals surface area contributed by atoms with E-state index in [2.05, 4.69) is 10.3 Å². The van der Waals surface area contributed by atoms with Gasteiger partial charge in [0.15, 0.2) is 17.4 Å². The highest BCUT2D eigenvalue weighted by molar-refractivity contribution is 6.34. The van der Waals surface area contributed by atoms with E-state index in [1.54, 1.807) is 11.0 Å². The van der Waals surface area contributed by atoms with Gasteiger partial charge < -0.3 is 35.3 Å². The Morgan fingerprint density at radius 3 is 2.20 bits per heavy atom. The van der Waals surface area contributed by atoms with Crippen molar-refractivity contribution < 1.29 is 51.0 Å². The fourth-order valence-corrected chi connectivity index (χ4v) is 5.72. The number of nitrogens with zero attached hydrogens (tertiary/aromatic N) is 4. The van der Waals surface area contributed by atoms with Crippen LogP contribution in [0, 0.1) is 17.6 Å². The number of benzene rings is 2. The quantitative estimate of drug-likeness (QED) is 0.319. The fraction of sp³-hybridized carbons (Fsp3) is 0.387. The molecule has 2 fully saturated rings. The Kier molecular flexibility index (Phi) is 11.5. The third-order valence-corrected chi connectivity index (χ3v) is 8.41. The lowest BCUT2D eigenvalue weighted by molar-refractivity contribution is -0.192. The number of nitrogens with one attached hydrogen (secondary N) is 1. The Balaban J connectivity index is 0.000000698. The van der Waals surface area contributed by atoms with Crippen LogP contribution in [0.2, 0.25) is 5.02 Å². The lowest BCUT2D eigenvalue weighted by atomic mass is 9.95. The molecule has 2 aliphatic heterocycles. The minimum atomic E-state index is -5.08. The van der Waals surface area contributed by atoms with Gasteiger partial charge in [-0.25, -0.2) is 14.2 Å². The maximum Gasteiger partial charge on any atom is 0.490 e. The number of carboxylic acids is 1. The normalized spacial score (nSPS) is 16.6. The molecule has 49 heavy (non-hydrogen) atoms. The van der Waals surface area contributed by atoms with Crippen LogP contribution in [0.5, 0.6) is 5.75 Å². The molecule has 0 saturated carbocycles. The summed E-state index contributed by atoms with van der Waals surface area (Å²) in [6.07, 6.45) is -1.86. The van der Waals surface area contributed by atoms with Gasteiger partial charge in [-0.3, -0.25) is 14.4 Å². The number of piperidine rings is 1. The SMILES string of the molecule is COc1ccc(-c2cnc(C(=O)Nc3ccc(C(=O)N4CCC(C(=O)N5CC[C@@H](N)C5)CC4)c(Cl)c3)n2C)c(F)c1F.O=C(O)C(F)(F)F. The zero-order chi connectivity index (χ0) is 36.2. The molecule has 2 aliphatic rings. The minimum absolute atomic E-state index is 0.0292. The number of nitrogens with two attached hydrogens (primary N) is 1. The van der Waals surface area contributed by atoms with Gasteiger partial charge in [-0.15, -0.1) is 0 Å². The van der Waals surface area contributed by atoms with Crippen LogP contribution in [-0.2, 0) is 16.6 Å². The van der Waals surface area contributed by atoms with Crippen molar-refractivity contribution >= 4 is 41.0 Å². The molecule has 12 nitrogen and oxygen atoms in total. The minimum Gasteiger partial charge on any atom is -0.494 e. The second-order valence-electron chi connectivity index (χ2n) is 11.3. The summed E-state index contributed by atoms with van der Waals surface area (Å²) in [4.78, 5) is 55.4. The number of carbonyl (C=O) groups is 4. The highest BCUT2D eigenvalue weighted by Gasteiger charge is 2.38. The van der Waals surface area contributed by atoms with E-state index in [1.807, 2.05) is 4.90 Å². The number of likely N-dealkylation sites (tertiary alicyclic amines) is 2. The highest BCUT2D eigenvalue weighted by Crippen LogP contribution is 2.31. The molecule has 2 saturated heterocycles. The molecule has 0 aliphatic carbocycles. The number of carboxylic acid groups (broad SMARTS) is 1. The van der Waals surface area contributed by atoms with E-state index in [9.17, 15) is 36.3 Å². The number of halogens is 6. The summed E-state index contributed by atoms with van der Waals surface area (Å²) in [7, 11) is 2.74. The van der Waals surface area contributed by atoms with Gasteiger partial charge in [0.1, 0.15) is 0 Å². The lowest BCUT2D eigenvalue weighted by Gasteiger charge is -2.33. The van der Waals surface area contributed by atoms with Crippen molar-refractivity contribution in [3.05, 3.63) is 64.6 Å². The number of methoxy groups -OCH3 is 1. The zero-order valence-corrected chi connectivity index (χ0v) is 26.9.